The third-order valence-corrected chi connectivity index (χ3v) is 5.43. The highest BCUT2D eigenvalue weighted by Gasteiger charge is 2.22. The first kappa shape index (κ1) is 19.4. The molecule has 1 atom stereocenters. The van der Waals surface area contributed by atoms with E-state index in [1.807, 2.05) is 24.3 Å². The first-order chi connectivity index (χ1) is 13.1. The number of thioether (sulfide) groups is 1. The number of hydrogen-bond acceptors (Lipinski definition) is 5. The van der Waals surface area contributed by atoms with E-state index in [1.165, 1.54) is 17.3 Å². The number of Topliss-reactive ketones (excluding diaryl/α,β-unsaturated/α-hetero) is 1. The Hall–Kier alpha value is -2.38. The van der Waals surface area contributed by atoms with E-state index >= 15 is 0 Å². The molecule has 0 spiro atoms. The zero-order valence-electron chi connectivity index (χ0n) is 15.9. The van der Waals surface area contributed by atoms with Crippen molar-refractivity contribution in [3.05, 3.63) is 65.7 Å². The van der Waals surface area contributed by atoms with Gasteiger partial charge < -0.3 is 9.55 Å². The van der Waals surface area contributed by atoms with E-state index in [1.54, 1.807) is 12.3 Å². The molecule has 1 N–H and O–H groups in total. The first-order valence-corrected chi connectivity index (χ1v) is 10.0. The zero-order chi connectivity index (χ0) is 19.2. The maximum absolute atomic E-state index is 12.3. The highest BCUT2D eigenvalue weighted by atomic mass is 32.2. The molecule has 0 aliphatic heterocycles. The molecule has 0 aliphatic carbocycles. The van der Waals surface area contributed by atoms with Crippen molar-refractivity contribution >= 4 is 17.5 Å². The zero-order valence-corrected chi connectivity index (χ0v) is 16.7. The van der Waals surface area contributed by atoms with Crippen molar-refractivity contribution < 1.29 is 4.79 Å². The van der Waals surface area contributed by atoms with Crippen LogP contribution in [-0.4, -0.2) is 50.3 Å². The van der Waals surface area contributed by atoms with Gasteiger partial charge in [0.05, 0.1) is 24.0 Å². The molecule has 0 fully saturated rings. The van der Waals surface area contributed by atoms with Crippen molar-refractivity contribution in [1.29, 1.82) is 0 Å². The lowest BCUT2D eigenvalue weighted by molar-refractivity contribution is 0.101. The summed E-state index contributed by atoms with van der Waals surface area (Å²) >= 11 is 1.43. The minimum absolute atomic E-state index is 0.0560. The summed E-state index contributed by atoms with van der Waals surface area (Å²) in [6, 6.07) is 14.1. The maximum Gasteiger partial charge on any atom is 0.192 e. The molecule has 0 aliphatic rings. The molecule has 0 radical (unpaired) electrons. The van der Waals surface area contributed by atoms with Gasteiger partial charge in [-0.25, -0.2) is 0 Å². The van der Waals surface area contributed by atoms with Gasteiger partial charge in [-0.2, -0.15) is 0 Å². The predicted molar refractivity (Wildman–Crippen MR) is 108 cm³/mol. The minimum atomic E-state index is 0.0560. The number of benzene rings is 1. The fraction of sp³-hybridized carbons (Fsp3) is 0.350. The molecular weight excluding hydrogens is 358 g/mol. The smallest absolute Gasteiger partial charge is 0.192 e. The van der Waals surface area contributed by atoms with Crippen LogP contribution in [0.25, 0.3) is 0 Å². The lowest BCUT2D eigenvalue weighted by Gasteiger charge is -2.23. The summed E-state index contributed by atoms with van der Waals surface area (Å²) in [6.07, 6.45) is 2.70. The minimum Gasteiger partial charge on any atom is -0.359 e. The van der Waals surface area contributed by atoms with Gasteiger partial charge in [-0.15, -0.1) is 10.2 Å². The molecule has 6 nitrogen and oxygen atoms in total. The number of ketones is 1. The number of rotatable bonds is 9. The molecule has 27 heavy (non-hydrogen) atoms. The van der Waals surface area contributed by atoms with Crippen LogP contribution in [0.4, 0.5) is 0 Å². The summed E-state index contributed by atoms with van der Waals surface area (Å²) < 4.78 is 2.14. The van der Waals surface area contributed by atoms with Crippen LogP contribution in [0, 0.1) is 0 Å². The molecule has 2 heterocycles. The van der Waals surface area contributed by atoms with Gasteiger partial charge >= 0.3 is 0 Å². The second-order valence-electron chi connectivity index (χ2n) is 6.60. The molecule has 1 aromatic carbocycles. The van der Waals surface area contributed by atoms with E-state index in [0.717, 1.165) is 17.4 Å². The Bertz CT molecular complexity index is 858. The molecule has 3 rings (SSSR count). The monoisotopic (exact) mass is 383 g/mol. The number of carbonyl (C=O) groups excluding carboxylic acids is 1. The van der Waals surface area contributed by atoms with E-state index < -0.39 is 0 Å². The summed E-state index contributed by atoms with van der Waals surface area (Å²) in [7, 11) is 4.11. The van der Waals surface area contributed by atoms with Crippen molar-refractivity contribution in [1.82, 2.24) is 24.6 Å². The number of hydrogen-bond donors (Lipinski definition) is 1. The van der Waals surface area contributed by atoms with Crippen LogP contribution in [0.1, 0.15) is 41.3 Å². The third kappa shape index (κ3) is 4.67. The van der Waals surface area contributed by atoms with Crippen LogP contribution in [0.2, 0.25) is 0 Å². The molecule has 7 heteroatoms. The van der Waals surface area contributed by atoms with Gasteiger partial charge in [-0.1, -0.05) is 49.0 Å². The van der Waals surface area contributed by atoms with Crippen LogP contribution >= 0.6 is 11.8 Å². The molecule has 142 valence electrons. The topological polar surface area (TPSA) is 66.8 Å². The van der Waals surface area contributed by atoms with E-state index in [2.05, 4.69) is 57.8 Å². The number of nitrogens with zero attached hydrogens (tertiary/aromatic N) is 4. The maximum atomic E-state index is 12.3. The van der Waals surface area contributed by atoms with E-state index in [0.29, 0.717) is 18.0 Å². The van der Waals surface area contributed by atoms with Gasteiger partial charge in [0, 0.05) is 6.20 Å². The average Bonchev–Trinajstić information content (AvgIpc) is 3.32. The number of aromatic amines is 1. The van der Waals surface area contributed by atoms with Gasteiger partial charge in [0.2, 0.25) is 0 Å². The Kier molecular flexibility index (Phi) is 6.47. The average molecular weight is 384 g/mol. The van der Waals surface area contributed by atoms with Crippen molar-refractivity contribution in [2.75, 3.05) is 19.8 Å². The summed E-state index contributed by atoms with van der Waals surface area (Å²) in [5.41, 5.74) is 1.81. The predicted octanol–water partition coefficient (Wildman–Crippen LogP) is 3.64. The van der Waals surface area contributed by atoms with Gasteiger partial charge in [-0.3, -0.25) is 9.69 Å². The van der Waals surface area contributed by atoms with E-state index in [4.69, 9.17) is 0 Å². The van der Waals surface area contributed by atoms with Gasteiger partial charge in [0.15, 0.2) is 16.8 Å². The third-order valence-electron chi connectivity index (χ3n) is 4.47. The Labute approximate surface area is 164 Å². The van der Waals surface area contributed by atoms with Crippen LogP contribution in [0.3, 0.4) is 0 Å². The molecule has 0 bridgehead atoms. The lowest BCUT2D eigenvalue weighted by Crippen LogP contribution is -2.23. The van der Waals surface area contributed by atoms with E-state index in [-0.39, 0.29) is 11.8 Å². The molecule has 3 aromatic rings. The fourth-order valence-electron chi connectivity index (χ4n) is 3.06. The van der Waals surface area contributed by atoms with Gasteiger partial charge in [0.1, 0.15) is 0 Å². The summed E-state index contributed by atoms with van der Waals surface area (Å²) in [4.78, 5) is 17.5. The molecule has 0 amide bonds. The normalized spacial score (nSPS) is 12.4. The number of carbonyl (C=O) groups is 1. The fourth-order valence-corrected chi connectivity index (χ4v) is 3.89. The molecular formula is C20H25N5OS. The SMILES string of the molecule is CC[C@@H](c1nnc(SCC(=O)c2ccc[nH]2)n1Cc1ccccc1)N(C)C. The summed E-state index contributed by atoms with van der Waals surface area (Å²) in [6.45, 7) is 2.83. The second kappa shape index (κ2) is 9.01. The standard InChI is InChI=1S/C20H25N5OS/c1-4-17(24(2)3)19-22-23-20(25(19)13-15-9-6-5-7-10-15)27-14-18(26)16-11-8-12-21-16/h5-12,17,21H,4,13-14H2,1-3H3/t17-/m0/s1. The van der Waals surface area contributed by atoms with Crippen molar-refractivity contribution in [3.8, 4) is 0 Å². The first-order valence-electron chi connectivity index (χ1n) is 9.03. The second-order valence-corrected chi connectivity index (χ2v) is 7.54. The highest BCUT2D eigenvalue weighted by Crippen LogP contribution is 2.26. The lowest BCUT2D eigenvalue weighted by atomic mass is 10.2. The van der Waals surface area contributed by atoms with Crippen molar-refractivity contribution in [3.63, 3.8) is 0 Å². The Balaban J connectivity index is 1.86. The van der Waals surface area contributed by atoms with Gasteiger partial charge in [0.25, 0.3) is 0 Å². The molecule has 0 unspecified atom stereocenters. The van der Waals surface area contributed by atoms with Crippen LogP contribution in [-0.2, 0) is 6.54 Å². The number of H-pyrrole nitrogens is 1. The largest absolute Gasteiger partial charge is 0.359 e. The highest BCUT2D eigenvalue weighted by molar-refractivity contribution is 7.99. The van der Waals surface area contributed by atoms with Gasteiger partial charge in [-0.05, 0) is 38.2 Å². The quantitative estimate of drug-likeness (QED) is 0.451. The van der Waals surface area contributed by atoms with Crippen LogP contribution in [0.15, 0.2) is 53.8 Å². The molecule has 0 saturated carbocycles. The molecule has 2 aromatic heterocycles. The van der Waals surface area contributed by atoms with Crippen molar-refractivity contribution in [2.24, 2.45) is 0 Å². The Morgan fingerprint density at radius 2 is 1.96 bits per heavy atom. The summed E-state index contributed by atoms with van der Waals surface area (Å²) in [5.74, 6) is 1.31. The number of aromatic nitrogens is 4. The summed E-state index contributed by atoms with van der Waals surface area (Å²) in [5, 5.41) is 9.65. The van der Waals surface area contributed by atoms with Crippen molar-refractivity contribution in [2.45, 2.75) is 31.1 Å². The van der Waals surface area contributed by atoms with Crippen LogP contribution in [0.5, 0.6) is 0 Å². The Morgan fingerprint density at radius 1 is 1.19 bits per heavy atom. The van der Waals surface area contributed by atoms with Crippen LogP contribution < -0.4 is 0 Å². The molecule has 0 saturated heterocycles. The number of nitrogens with one attached hydrogen (secondary N) is 1. The Morgan fingerprint density at radius 3 is 2.59 bits per heavy atom. The van der Waals surface area contributed by atoms with E-state index in [9.17, 15) is 4.79 Å².